The molecular formula is C10H20BF3N-. The van der Waals surface area contributed by atoms with Gasteiger partial charge in [0.05, 0.1) is 0 Å². The van der Waals surface area contributed by atoms with E-state index < -0.39 is 13.4 Å². The second-order valence-electron chi connectivity index (χ2n) is 4.73. The van der Waals surface area contributed by atoms with E-state index >= 15 is 0 Å². The Morgan fingerprint density at radius 3 is 2.07 bits per heavy atom. The molecule has 1 fully saturated rings. The third-order valence-corrected chi connectivity index (χ3v) is 3.51. The molecule has 1 rings (SSSR count). The van der Waals surface area contributed by atoms with Crippen LogP contribution in [0.25, 0.3) is 0 Å². The Morgan fingerprint density at radius 1 is 1.13 bits per heavy atom. The van der Waals surface area contributed by atoms with Crippen molar-refractivity contribution in [3.63, 3.8) is 0 Å². The quantitative estimate of drug-likeness (QED) is 0.659. The average molecular weight is 222 g/mol. The molecular weight excluding hydrogens is 202 g/mol. The van der Waals surface area contributed by atoms with Crippen LogP contribution in [0.3, 0.4) is 0 Å². The molecule has 0 aromatic rings. The van der Waals surface area contributed by atoms with Gasteiger partial charge in [-0.15, -0.1) is 0 Å². The molecule has 1 aliphatic carbocycles. The molecule has 15 heavy (non-hydrogen) atoms. The molecule has 0 radical (unpaired) electrons. The van der Waals surface area contributed by atoms with Crippen LogP contribution < -0.4 is 0 Å². The zero-order valence-corrected chi connectivity index (χ0v) is 9.56. The van der Waals surface area contributed by atoms with Gasteiger partial charge in [0.2, 0.25) is 0 Å². The Bertz CT molecular complexity index is 188. The van der Waals surface area contributed by atoms with E-state index in [4.69, 9.17) is 0 Å². The minimum Gasteiger partial charge on any atom is -0.448 e. The minimum atomic E-state index is -4.66. The number of nitrogens with zero attached hydrogens (tertiary/aromatic N) is 1. The van der Waals surface area contributed by atoms with Crippen LogP contribution in [0.5, 0.6) is 0 Å². The van der Waals surface area contributed by atoms with Gasteiger partial charge in [-0.3, -0.25) is 0 Å². The number of hydrogen-bond donors (Lipinski definition) is 0. The summed E-state index contributed by atoms with van der Waals surface area (Å²) in [7, 11) is 1.60. The van der Waals surface area contributed by atoms with Gasteiger partial charge in [-0.1, -0.05) is 13.3 Å². The van der Waals surface area contributed by atoms with E-state index in [1.807, 2.05) is 0 Å². The number of halogens is 3. The highest BCUT2D eigenvalue weighted by Crippen LogP contribution is 2.29. The first-order chi connectivity index (χ1) is 6.92. The maximum Gasteiger partial charge on any atom is 0.492 e. The van der Waals surface area contributed by atoms with Gasteiger partial charge < -0.3 is 17.8 Å². The van der Waals surface area contributed by atoms with E-state index in [2.05, 4.69) is 6.92 Å². The van der Waals surface area contributed by atoms with E-state index in [1.165, 1.54) is 11.3 Å². The fraction of sp³-hybridized carbons (Fsp3) is 1.00. The third kappa shape index (κ3) is 4.45. The average Bonchev–Trinajstić information content (AvgIpc) is 2.15. The van der Waals surface area contributed by atoms with Crippen molar-refractivity contribution in [3.8, 4) is 0 Å². The van der Waals surface area contributed by atoms with E-state index in [1.54, 1.807) is 7.05 Å². The van der Waals surface area contributed by atoms with Gasteiger partial charge >= 0.3 is 6.98 Å². The summed E-state index contributed by atoms with van der Waals surface area (Å²) in [5.74, 6) is 0.742. The highest BCUT2D eigenvalue weighted by molar-refractivity contribution is 6.58. The Labute approximate surface area is 90.1 Å². The van der Waals surface area contributed by atoms with Crippen LogP contribution in [-0.4, -0.2) is 31.4 Å². The van der Waals surface area contributed by atoms with Gasteiger partial charge in [0.25, 0.3) is 0 Å². The van der Waals surface area contributed by atoms with Crippen molar-refractivity contribution in [1.82, 2.24) is 4.90 Å². The molecule has 0 spiro atoms. The molecule has 0 aromatic heterocycles. The van der Waals surface area contributed by atoms with E-state index in [0.717, 1.165) is 31.6 Å². The van der Waals surface area contributed by atoms with Crippen molar-refractivity contribution in [2.45, 2.75) is 45.1 Å². The Hall–Kier alpha value is -0.185. The molecule has 90 valence electrons. The first-order valence-corrected chi connectivity index (χ1v) is 5.83. The zero-order valence-electron chi connectivity index (χ0n) is 9.56. The summed E-state index contributed by atoms with van der Waals surface area (Å²) >= 11 is 0. The molecule has 0 bridgehead atoms. The molecule has 0 aromatic carbocycles. The molecule has 0 saturated heterocycles. The van der Waals surface area contributed by atoms with Crippen LogP contribution in [0, 0.1) is 5.92 Å². The highest BCUT2D eigenvalue weighted by Gasteiger charge is 2.29. The van der Waals surface area contributed by atoms with Crippen LogP contribution in [0.4, 0.5) is 12.9 Å². The number of hydrogen-bond acceptors (Lipinski definition) is 1. The lowest BCUT2D eigenvalue weighted by Crippen LogP contribution is -2.43. The van der Waals surface area contributed by atoms with Crippen molar-refractivity contribution in [2.75, 3.05) is 13.5 Å². The zero-order chi connectivity index (χ0) is 11.5. The topological polar surface area (TPSA) is 3.24 Å². The van der Waals surface area contributed by atoms with Crippen LogP contribution in [-0.2, 0) is 0 Å². The molecule has 0 amide bonds. The summed E-state index contributed by atoms with van der Waals surface area (Å²) < 4.78 is 36.7. The van der Waals surface area contributed by atoms with E-state index in [9.17, 15) is 12.9 Å². The van der Waals surface area contributed by atoms with Crippen LogP contribution >= 0.6 is 0 Å². The molecule has 0 heterocycles. The van der Waals surface area contributed by atoms with Gasteiger partial charge in [-0.2, -0.15) is 0 Å². The molecule has 0 N–H and O–H groups in total. The lowest BCUT2D eigenvalue weighted by atomic mass is 9.82. The van der Waals surface area contributed by atoms with Gasteiger partial charge in [0.1, 0.15) is 0 Å². The highest BCUT2D eigenvalue weighted by atomic mass is 19.4. The maximum absolute atomic E-state index is 12.2. The summed E-state index contributed by atoms with van der Waals surface area (Å²) in [6.07, 6.45) is 4.51. The van der Waals surface area contributed by atoms with Crippen LogP contribution in [0.1, 0.15) is 39.0 Å². The van der Waals surface area contributed by atoms with Gasteiger partial charge in [-0.25, -0.2) is 0 Å². The summed E-state index contributed by atoms with van der Waals surface area (Å²) in [6.45, 7) is -2.50. The predicted octanol–water partition coefficient (Wildman–Crippen LogP) is 3.27. The van der Waals surface area contributed by atoms with Gasteiger partial charge in [0.15, 0.2) is 0 Å². The van der Waals surface area contributed by atoms with Gasteiger partial charge in [0, 0.05) is 6.04 Å². The summed E-state index contributed by atoms with van der Waals surface area (Å²) in [6, 6.07) is 0.149. The van der Waals surface area contributed by atoms with Crippen molar-refractivity contribution in [3.05, 3.63) is 0 Å². The normalized spacial score (nSPS) is 28.4. The Morgan fingerprint density at radius 2 is 1.67 bits per heavy atom. The summed E-state index contributed by atoms with van der Waals surface area (Å²) in [5, 5.41) is 0. The first-order valence-electron chi connectivity index (χ1n) is 5.83. The van der Waals surface area contributed by atoms with Crippen molar-refractivity contribution < 1.29 is 12.9 Å². The SMILES string of the molecule is CCC1CCC(N(C)C[B-](F)(F)F)CC1. The monoisotopic (exact) mass is 222 g/mol. The molecule has 1 aliphatic rings. The molecule has 5 heteroatoms. The molecule has 0 aliphatic heterocycles. The second-order valence-corrected chi connectivity index (χ2v) is 4.73. The van der Waals surface area contributed by atoms with E-state index in [0.29, 0.717) is 0 Å². The third-order valence-electron chi connectivity index (χ3n) is 3.51. The maximum atomic E-state index is 12.2. The van der Waals surface area contributed by atoms with Crippen molar-refractivity contribution >= 4 is 6.98 Å². The molecule has 0 unspecified atom stereocenters. The van der Waals surface area contributed by atoms with Crippen LogP contribution in [0.15, 0.2) is 0 Å². The number of rotatable bonds is 4. The predicted molar refractivity (Wildman–Crippen MR) is 57.7 cm³/mol. The lowest BCUT2D eigenvalue weighted by Gasteiger charge is -2.36. The standard InChI is InChI=1S/C10H20BF3N/c1-3-9-4-6-10(7-5-9)15(2)8-11(12,13)14/h9-10H,3-8H2,1-2H3/q-1. The molecule has 1 nitrogen and oxygen atoms in total. The van der Waals surface area contributed by atoms with Crippen molar-refractivity contribution in [1.29, 1.82) is 0 Å². The Balaban J connectivity index is 2.33. The summed E-state index contributed by atoms with van der Waals surface area (Å²) in [4.78, 5) is 1.49. The van der Waals surface area contributed by atoms with Gasteiger partial charge in [-0.05, 0) is 45.1 Å². The fourth-order valence-electron chi connectivity index (χ4n) is 2.47. The lowest BCUT2D eigenvalue weighted by molar-refractivity contribution is 0.171. The molecule has 0 atom stereocenters. The smallest absolute Gasteiger partial charge is 0.448 e. The van der Waals surface area contributed by atoms with Crippen molar-refractivity contribution in [2.24, 2.45) is 5.92 Å². The largest absolute Gasteiger partial charge is 0.492 e. The Kier molecular flexibility index (Phi) is 4.50. The van der Waals surface area contributed by atoms with E-state index in [-0.39, 0.29) is 6.04 Å². The second kappa shape index (κ2) is 5.24. The molecule has 1 saturated carbocycles. The fourth-order valence-corrected chi connectivity index (χ4v) is 2.47. The first kappa shape index (κ1) is 12.9. The summed E-state index contributed by atoms with van der Waals surface area (Å²) in [5.41, 5.74) is 0. The van der Waals surface area contributed by atoms with Crippen LogP contribution in [0.2, 0.25) is 0 Å². The minimum absolute atomic E-state index is 0.149.